The average molecular weight is 439 g/mol. The van der Waals surface area contributed by atoms with Crippen LogP contribution < -0.4 is 4.74 Å². The van der Waals surface area contributed by atoms with E-state index in [2.05, 4.69) is 52.7 Å². The van der Waals surface area contributed by atoms with Crippen molar-refractivity contribution in [3.05, 3.63) is 77.9 Å². The van der Waals surface area contributed by atoms with Crippen molar-refractivity contribution in [1.29, 1.82) is 0 Å². The summed E-state index contributed by atoms with van der Waals surface area (Å²) in [6.45, 7) is 0. The molecule has 3 aromatic carbocycles. The molecular weight excluding hydrogens is 420 g/mol. The summed E-state index contributed by atoms with van der Waals surface area (Å²) in [5.41, 5.74) is 1.88. The highest BCUT2D eigenvalue weighted by Gasteiger charge is 2.14. The number of methoxy groups -OCH3 is 1. The van der Waals surface area contributed by atoms with Crippen LogP contribution in [-0.2, 0) is 5.75 Å². The number of aromatic nitrogens is 2. The number of para-hydroxylation sites is 1. The van der Waals surface area contributed by atoms with E-state index in [0.29, 0.717) is 17.1 Å². The lowest BCUT2D eigenvalue weighted by molar-refractivity contribution is 0.101. The molecule has 1 heterocycles. The Balaban J connectivity index is 1.37. The summed E-state index contributed by atoms with van der Waals surface area (Å²) in [4.78, 5) is 12.5. The summed E-state index contributed by atoms with van der Waals surface area (Å²) in [5.74, 6) is 1.76. The summed E-state index contributed by atoms with van der Waals surface area (Å²) < 4.78 is 6.98. The molecule has 0 radical (unpaired) electrons. The molecule has 0 fully saturated rings. The smallest absolute Gasteiger partial charge is 0.176 e. The predicted octanol–water partition coefficient (Wildman–Crippen LogP) is 5.97. The van der Waals surface area contributed by atoms with Gasteiger partial charge in [-0.2, -0.15) is 0 Å². The number of hydrogen-bond donors (Lipinski definition) is 0. The van der Waals surface area contributed by atoms with E-state index in [1.165, 1.54) is 39.4 Å². The fraction of sp³-hybridized carbons (Fsp3) is 0.136. The molecule has 1 aromatic heterocycles. The van der Waals surface area contributed by atoms with E-state index in [-0.39, 0.29) is 5.78 Å². The standard InChI is InChI=1S/C22H18N2O2S3/c1-26-20-12-5-4-11-18(20)19(25)14-28-22-24-23-21(29-22)27-13-16-9-6-8-15-7-2-3-10-17(15)16/h2-12H,13-14H2,1H3. The molecule has 146 valence electrons. The molecule has 0 saturated heterocycles. The third kappa shape index (κ3) is 4.80. The molecule has 0 saturated carbocycles. The first-order valence-electron chi connectivity index (χ1n) is 8.96. The van der Waals surface area contributed by atoms with Crippen molar-refractivity contribution in [2.24, 2.45) is 0 Å². The Hall–Kier alpha value is -2.35. The van der Waals surface area contributed by atoms with Crippen LogP contribution in [0.3, 0.4) is 0 Å². The van der Waals surface area contributed by atoms with Crippen LogP contribution in [0, 0.1) is 0 Å². The maximum Gasteiger partial charge on any atom is 0.176 e. The number of Topliss-reactive ketones (excluding diaryl/α,β-unsaturated/α-hetero) is 1. The van der Waals surface area contributed by atoms with Crippen LogP contribution in [0.2, 0.25) is 0 Å². The number of ether oxygens (including phenoxy) is 1. The molecule has 0 spiro atoms. The number of carbonyl (C=O) groups is 1. The number of ketones is 1. The van der Waals surface area contributed by atoms with Gasteiger partial charge in [0, 0.05) is 5.75 Å². The molecule has 4 nitrogen and oxygen atoms in total. The van der Waals surface area contributed by atoms with Gasteiger partial charge in [-0.3, -0.25) is 4.79 Å². The summed E-state index contributed by atoms with van der Waals surface area (Å²) in [6.07, 6.45) is 0. The molecule has 0 N–H and O–H groups in total. The highest BCUT2D eigenvalue weighted by Crippen LogP contribution is 2.33. The monoisotopic (exact) mass is 438 g/mol. The second-order valence-corrected chi connectivity index (χ2v) is 9.60. The van der Waals surface area contributed by atoms with E-state index < -0.39 is 0 Å². The van der Waals surface area contributed by atoms with Crippen molar-refractivity contribution < 1.29 is 9.53 Å². The summed E-state index contributed by atoms with van der Waals surface area (Å²) >= 11 is 4.61. The zero-order chi connectivity index (χ0) is 20.1. The molecule has 0 aliphatic rings. The molecule has 4 rings (SSSR count). The number of nitrogens with zero attached hydrogens (tertiary/aromatic N) is 2. The van der Waals surface area contributed by atoms with Crippen LogP contribution in [0.1, 0.15) is 15.9 Å². The first-order chi connectivity index (χ1) is 14.2. The lowest BCUT2D eigenvalue weighted by Gasteiger charge is -2.06. The molecule has 0 atom stereocenters. The quantitative estimate of drug-likeness (QED) is 0.250. The fourth-order valence-electron chi connectivity index (χ4n) is 2.95. The van der Waals surface area contributed by atoms with E-state index in [9.17, 15) is 4.79 Å². The molecule has 4 aromatic rings. The van der Waals surface area contributed by atoms with Crippen LogP contribution in [0.4, 0.5) is 0 Å². The molecule has 0 unspecified atom stereocenters. The van der Waals surface area contributed by atoms with Gasteiger partial charge in [0.15, 0.2) is 14.5 Å². The highest BCUT2D eigenvalue weighted by molar-refractivity contribution is 8.03. The normalized spacial score (nSPS) is 10.9. The minimum absolute atomic E-state index is 0.0209. The lowest BCUT2D eigenvalue weighted by Crippen LogP contribution is -2.04. The van der Waals surface area contributed by atoms with Gasteiger partial charge in [0.05, 0.1) is 18.4 Å². The maximum absolute atomic E-state index is 12.5. The highest BCUT2D eigenvalue weighted by atomic mass is 32.2. The van der Waals surface area contributed by atoms with Gasteiger partial charge in [-0.15, -0.1) is 10.2 Å². The van der Waals surface area contributed by atoms with E-state index in [1.807, 2.05) is 12.1 Å². The van der Waals surface area contributed by atoms with Gasteiger partial charge in [0.25, 0.3) is 0 Å². The average Bonchev–Trinajstić information content (AvgIpc) is 3.23. The molecule has 0 aliphatic heterocycles. The first-order valence-corrected chi connectivity index (χ1v) is 11.8. The van der Waals surface area contributed by atoms with E-state index >= 15 is 0 Å². The minimum Gasteiger partial charge on any atom is -0.496 e. The van der Waals surface area contributed by atoms with E-state index in [1.54, 1.807) is 31.0 Å². The second-order valence-electron chi connectivity index (χ2n) is 6.17. The van der Waals surface area contributed by atoms with Gasteiger partial charge >= 0.3 is 0 Å². The van der Waals surface area contributed by atoms with Crippen molar-refractivity contribution in [2.75, 3.05) is 12.9 Å². The van der Waals surface area contributed by atoms with Crippen molar-refractivity contribution >= 4 is 51.4 Å². The van der Waals surface area contributed by atoms with Crippen molar-refractivity contribution in [2.45, 2.75) is 14.4 Å². The fourth-order valence-corrected chi connectivity index (χ4v) is 5.86. The summed E-state index contributed by atoms with van der Waals surface area (Å²) in [6, 6.07) is 22.0. The Morgan fingerprint density at radius 3 is 2.52 bits per heavy atom. The van der Waals surface area contributed by atoms with Gasteiger partial charge in [-0.05, 0) is 28.5 Å². The maximum atomic E-state index is 12.5. The zero-order valence-corrected chi connectivity index (χ0v) is 18.2. The van der Waals surface area contributed by atoms with Crippen LogP contribution in [0.15, 0.2) is 75.4 Å². The number of carbonyl (C=O) groups excluding carboxylic acids is 1. The Morgan fingerprint density at radius 2 is 1.66 bits per heavy atom. The largest absolute Gasteiger partial charge is 0.496 e. The first kappa shape index (κ1) is 19.9. The predicted molar refractivity (Wildman–Crippen MR) is 121 cm³/mol. The second kappa shape index (κ2) is 9.43. The topological polar surface area (TPSA) is 52.1 Å². The van der Waals surface area contributed by atoms with Crippen LogP contribution >= 0.6 is 34.9 Å². The Kier molecular flexibility index (Phi) is 6.49. The van der Waals surface area contributed by atoms with Gasteiger partial charge in [-0.1, -0.05) is 89.5 Å². The minimum atomic E-state index is 0.0209. The van der Waals surface area contributed by atoms with Crippen molar-refractivity contribution in [3.8, 4) is 5.75 Å². The number of benzene rings is 3. The lowest BCUT2D eigenvalue weighted by atomic mass is 10.1. The number of fused-ring (bicyclic) bond motifs is 1. The number of hydrogen-bond acceptors (Lipinski definition) is 7. The number of rotatable bonds is 8. The van der Waals surface area contributed by atoms with Gasteiger partial charge < -0.3 is 4.74 Å². The van der Waals surface area contributed by atoms with Gasteiger partial charge in [0.1, 0.15) is 5.75 Å². The van der Waals surface area contributed by atoms with Crippen LogP contribution in [0.25, 0.3) is 10.8 Å². The third-order valence-electron chi connectivity index (χ3n) is 4.35. The Morgan fingerprint density at radius 1 is 0.931 bits per heavy atom. The zero-order valence-electron chi connectivity index (χ0n) is 15.7. The molecular formula is C22H18N2O2S3. The van der Waals surface area contributed by atoms with E-state index in [0.717, 1.165) is 14.4 Å². The van der Waals surface area contributed by atoms with E-state index in [4.69, 9.17) is 4.74 Å². The van der Waals surface area contributed by atoms with Crippen molar-refractivity contribution in [1.82, 2.24) is 10.2 Å². The number of thioether (sulfide) groups is 2. The summed E-state index contributed by atoms with van der Waals surface area (Å²) in [5, 5.41) is 11.0. The molecule has 0 bridgehead atoms. The third-order valence-corrected chi connectivity index (χ3v) is 7.59. The molecule has 7 heteroatoms. The molecule has 0 amide bonds. The van der Waals surface area contributed by atoms with Gasteiger partial charge in [0.2, 0.25) is 0 Å². The molecule has 29 heavy (non-hydrogen) atoms. The van der Waals surface area contributed by atoms with Crippen LogP contribution in [0.5, 0.6) is 5.75 Å². The van der Waals surface area contributed by atoms with Crippen LogP contribution in [-0.4, -0.2) is 28.8 Å². The molecule has 0 aliphatic carbocycles. The SMILES string of the molecule is COc1ccccc1C(=O)CSc1nnc(SCc2cccc3ccccc23)s1. The van der Waals surface area contributed by atoms with Gasteiger partial charge in [-0.25, -0.2) is 0 Å². The summed E-state index contributed by atoms with van der Waals surface area (Å²) in [7, 11) is 1.57. The Bertz CT molecular complexity index is 1140. The Labute approximate surface area is 181 Å². The van der Waals surface area contributed by atoms with Crippen molar-refractivity contribution in [3.63, 3.8) is 0 Å².